The monoisotopic (exact) mass is 379 g/mol. The first-order valence-corrected chi connectivity index (χ1v) is 9.02. The van der Waals surface area contributed by atoms with Gasteiger partial charge in [0, 0.05) is 13.1 Å². The molecule has 0 spiro atoms. The zero-order valence-corrected chi connectivity index (χ0v) is 15.6. The summed E-state index contributed by atoms with van der Waals surface area (Å²) >= 11 is 1.21. The number of hydrogen-bond acceptors (Lipinski definition) is 6. The van der Waals surface area contributed by atoms with Gasteiger partial charge in [-0.1, -0.05) is 23.9 Å². The first-order chi connectivity index (χ1) is 12.4. The quantitative estimate of drug-likeness (QED) is 0.408. The van der Waals surface area contributed by atoms with Crippen molar-refractivity contribution in [2.75, 3.05) is 24.7 Å². The van der Waals surface area contributed by atoms with Gasteiger partial charge in [-0.25, -0.2) is 9.07 Å². The van der Waals surface area contributed by atoms with Crippen molar-refractivity contribution >= 4 is 17.7 Å². The van der Waals surface area contributed by atoms with E-state index < -0.39 is 0 Å². The van der Waals surface area contributed by atoms with Crippen LogP contribution in [0.25, 0.3) is 0 Å². The van der Waals surface area contributed by atoms with Crippen LogP contribution in [-0.2, 0) is 11.4 Å². The Morgan fingerprint density at radius 1 is 1.38 bits per heavy atom. The van der Waals surface area contributed by atoms with Gasteiger partial charge in [-0.2, -0.15) is 0 Å². The zero-order valence-electron chi connectivity index (χ0n) is 14.8. The second-order valence-corrected chi connectivity index (χ2v) is 6.61. The molecule has 0 saturated carbocycles. The molecule has 0 saturated heterocycles. The number of nitrogen functional groups attached to an aromatic ring is 1. The number of benzene rings is 1. The summed E-state index contributed by atoms with van der Waals surface area (Å²) in [6.07, 6.45) is 0. The lowest BCUT2D eigenvalue weighted by atomic mass is 10.3. The fourth-order valence-electron chi connectivity index (χ4n) is 2.10. The fourth-order valence-corrected chi connectivity index (χ4v) is 2.88. The summed E-state index contributed by atoms with van der Waals surface area (Å²) in [6, 6.07) is 5.64. The maximum absolute atomic E-state index is 12.9. The van der Waals surface area contributed by atoms with Gasteiger partial charge >= 0.3 is 0 Å². The molecule has 1 aromatic carbocycles. The van der Waals surface area contributed by atoms with Gasteiger partial charge in [-0.05, 0) is 38.1 Å². The maximum atomic E-state index is 12.9. The van der Waals surface area contributed by atoms with E-state index in [-0.39, 0.29) is 24.1 Å². The average molecular weight is 379 g/mol. The van der Waals surface area contributed by atoms with Crippen molar-refractivity contribution in [2.45, 2.75) is 25.6 Å². The Balaban J connectivity index is 1.90. The highest BCUT2D eigenvalue weighted by molar-refractivity contribution is 7.99. The lowest BCUT2D eigenvalue weighted by molar-refractivity contribution is -0.127. The van der Waals surface area contributed by atoms with Crippen molar-refractivity contribution in [3.63, 3.8) is 0 Å². The van der Waals surface area contributed by atoms with E-state index in [1.807, 2.05) is 13.8 Å². The maximum Gasteiger partial charge on any atom is 0.233 e. The number of likely N-dealkylation sites (N-methyl/N-ethyl adjacent to an activating group) is 1. The number of hydrogen-bond donors (Lipinski definition) is 1. The van der Waals surface area contributed by atoms with E-state index in [4.69, 9.17) is 10.6 Å². The van der Waals surface area contributed by atoms with Crippen LogP contribution in [0.2, 0.25) is 0 Å². The molecule has 0 aliphatic rings. The molecule has 1 aromatic heterocycles. The molecule has 0 aliphatic heterocycles. The highest BCUT2D eigenvalue weighted by Crippen LogP contribution is 2.17. The van der Waals surface area contributed by atoms with Crippen molar-refractivity contribution in [3.05, 3.63) is 48.1 Å². The number of nitrogens with two attached hydrogens (primary N) is 1. The summed E-state index contributed by atoms with van der Waals surface area (Å²) in [5.41, 5.74) is 0.924. The van der Waals surface area contributed by atoms with Crippen LogP contribution in [0.1, 0.15) is 19.7 Å². The van der Waals surface area contributed by atoms with Crippen LogP contribution >= 0.6 is 11.8 Å². The molecule has 9 heteroatoms. The minimum absolute atomic E-state index is 0.0207. The topological polar surface area (TPSA) is 86.3 Å². The molecule has 2 N–H and O–H groups in total. The highest BCUT2D eigenvalue weighted by Gasteiger charge is 2.16. The molecule has 7 nitrogen and oxygen atoms in total. The summed E-state index contributed by atoms with van der Waals surface area (Å²) in [5.74, 6) is 6.70. The molecule has 0 atom stereocenters. The first-order valence-electron chi connectivity index (χ1n) is 8.03. The summed E-state index contributed by atoms with van der Waals surface area (Å²) in [5, 5.41) is 8.37. The minimum atomic E-state index is -0.338. The molecular weight excluding hydrogens is 357 g/mol. The van der Waals surface area contributed by atoms with Gasteiger partial charge in [0.05, 0.1) is 5.75 Å². The number of nitrogens with zero attached hydrogens (tertiary/aromatic N) is 4. The van der Waals surface area contributed by atoms with Gasteiger partial charge in [-0.3, -0.25) is 4.79 Å². The van der Waals surface area contributed by atoms with E-state index in [2.05, 4.69) is 16.8 Å². The van der Waals surface area contributed by atoms with Crippen molar-refractivity contribution in [3.8, 4) is 5.75 Å². The van der Waals surface area contributed by atoms with E-state index in [1.54, 1.807) is 4.90 Å². The summed E-state index contributed by atoms with van der Waals surface area (Å²) in [7, 11) is 0. The van der Waals surface area contributed by atoms with Gasteiger partial charge in [0.1, 0.15) is 18.2 Å². The molecule has 2 aromatic rings. The lowest BCUT2D eigenvalue weighted by Gasteiger charge is -2.20. The lowest BCUT2D eigenvalue weighted by Crippen LogP contribution is -2.33. The first kappa shape index (κ1) is 19.8. The smallest absolute Gasteiger partial charge is 0.233 e. The molecule has 0 aliphatic carbocycles. The van der Waals surface area contributed by atoms with E-state index in [9.17, 15) is 9.18 Å². The van der Waals surface area contributed by atoms with Crippen LogP contribution < -0.4 is 10.6 Å². The number of carbonyl (C=O) groups is 1. The van der Waals surface area contributed by atoms with Crippen LogP contribution in [0, 0.1) is 5.82 Å². The van der Waals surface area contributed by atoms with E-state index in [1.165, 1.54) is 40.7 Å². The zero-order chi connectivity index (χ0) is 19.1. The molecule has 1 heterocycles. The largest absolute Gasteiger partial charge is 0.486 e. The third-order valence-corrected chi connectivity index (χ3v) is 4.36. The third-order valence-electron chi connectivity index (χ3n) is 3.44. The summed E-state index contributed by atoms with van der Waals surface area (Å²) < 4.78 is 19.7. The van der Waals surface area contributed by atoms with Gasteiger partial charge in [0.15, 0.2) is 5.82 Å². The van der Waals surface area contributed by atoms with Crippen LogP contribution in [0.4, 0.5) is 4.39 Å². The Labute approximate surface area is 156 Å². The predicted octanol–water partition coefficient (Wildman–Crippen LogP) is 2.23. The number of halogens is 1. The van der Waals surface area contributed by atoms with Gasteiger partial charge in [0.25, 0.3) is 0 Å². The third kappa shape index (κ3) is 5.48. The second kappa shape index (κ2) is 9.23. The minimum Gasteiger partial charge on any atom is -0.486 e. The van der Waals surface area contributed by atoms with Crippen molar-refractivity contribution in [2.24, 2.45) is 0 Å². The number of aromatic nitrogens is 3. The molecular formula is C17H22FN5O2S. The molecule has 0 fully saturated rings. The molecule has 2 rings (SSSR count). The fraction of sp³-hybridized carbons (Fsp3) is 0.353. The van der Waals surface area contributed by atoms with Crippen LogP contribution in [-0.4, -0.2) is 44.5 Å². The van der Waals surface area contributed by atoms with Gasteiger partial charge < -0.3 is 15.5 Å². The average Bonchev–Trinajstić information content (AvgIpc) is 2.97. The van der Waals surface area contributed by atoms with E-state index in [0.29, 0.717) is 29.8 Å². The number of amides is 1. The second-order valence-electron chi connectivity index (χ2n) is 5.67. The Morgan fingerprint density at radius 3 is 2.69 bits per heavy atom. The van der Waals surface area contributed by atoms with Gasteiger partial charge in [0.2, 0.25) is 11.1 Å². The number of rotatable bonds is 9. The Morgan fingerprint density at radius 2 is 2.08 bits per heavy atom. The van der Waals surface area contributed by atoms with E-state index >= 15 is 0 Å². The Hall–Kier alpha value is -2.55. The number of ether oxygens (including phenoxy) is 1. The highest BCUT2D eigenvalue weighted by atomic mass is 32.2. The Kier molecular flexibility index (Phi) is 7.02. The molecule has 0 radical (unpaired) electrons. The van der Waals surface area contributed by atoms with Gasteiger partial charge in [-0.15, -0.1) is 10.2 Å². The SMILES string of the molecule is C=C(C)CN(CC)C(=O)CSc1nnc(COc2ccc(F)cc2)n1N. The van der Waals surface area contributed by atoms with Crippen LogP contribution in [0.15, 0.2) is 41.6 Å². The molecule has 140 valence electrons. The van der Waals surface area contributed by atoms with Crippen LogP contribution in [0.5, 0.6) is 5.75 Å². The predicted molar refractivity (Wildman–Crippen MR) is 98.7 cm³/mol. The van der Waals surface area contributed by atoms with Crippen LogP contribution in [0.3, 0.4) is 0 Å². The molecule has 0 bridgehead atoms. The van der Waals surface area contributed by atoms with E-state index in [0.717, 1.165) is 5.57 Å². The van der Waals surface area contributed by atoms with Crippen molar-refractivity contribution in [1.82, 2.24) is 19.8 Å². The summed E-state index contributed by atoms with van der Waals surface area (Å²) in [4.78, 5) is 14.0. The molecule has 1 amide bonds. The Bertz CT molecular complexity index is 763. The standard InChI is InChI=1S/C17H22FN5O2S/c1-4-22(9-12(2)3)16(24)11-26-17-21-20-15(23(17)19)10-25-14-7-5-13(18)6-8-14/h5-8H,2,4,9-11,19H2,1,3H3. The van der Waals surface area contributed by atoms with Crippen molar-refractivity contribution < 1.29 is 13.9 Å². The number of thioether (sulfide) groups is 1. The normalized spacial score (nSPS) is 10.6. The number of carbonyl (C=O) groups excluding carboxylic acids is 1. The molecule has 26 heavy (non-hydrogen) atoms. The molecule has 0 unspecified atom stereocenters. The van der Waals surface area contributed by atoms with Crippen molar-refractivity contribution in [1.29, 1.82) is 0 Å². The summed E-state index contributed by atoms with van der Waals surface area (Å²) in [6.45, 7) is 8.85.